The van der Waals surface area contributed by atoms with Gasteiger partial charge in [0.15, 0.2) is 0 Å². The number of furan rings is 1. The molecule has 0 saturated carbocycles. The molecule has 0 radical (unpaired) electrons. The van der Waals surface area contributed by atoms with Crippen LogP contribution in [-0.2, 0) is 6.42 Å². The first-order valence-corrected chi connectivity index (χ1v) is 5.40. The molecule has 15 heavy (non-hydrogen) atoms. The third-order valence-electron chi connectivity index (χ3n) is 2.17. The summed E-state index contributed by atoms with van der Waals surface area (Å²) in [6, 6.07) is 4.38. The Morgan fingerprint density at radius 3 is 3.07 bits per heavy atom. The Balaban J connectivity index is 2.03. The minimum Gasteiger partial charge on any atom is -0.469 e. The summed E-state index contributed by atoms with van der Waals surface area (Å²) in [7, 11) is 0. The first kappa shape index (κ1) is 12.0. The molecule has 0 aromatic carbocycles. The van der Waals surface area contributed by atoms with Gasteiger partial charge in [0.1, 0.15) is 5.76 Å². The fraction of sp³-hybridized carbons (Fsp3) is 0.500. The van der Waals surface area contributed by atoms with Gasteiger partial charge in [-0.2, -0.15) is 0 Å². The van der Waals surface area contributed by atoms with Gasteiger partial charge in [0.25, 0.3) is 0 Å². The minimum absolute atomic E-state index is 0.446. The molecule has 1 heterocycles. The second-order valence-electron chi connectivity index (χ2n) is 3.63. The van der Waals surface area contributed by atoms with Gasteiger partial charge in [0.2, 0.25) is 0 Å². The average molecular weight is 208 g/mol. The van der Waals surface area contributed by atoms with E-state index in [-0.39, 0.29) is 0 Å². The van der Waals surface area contributed by atoms with Crippen molar-refractivity contribution in [2.45, 2.75) is 19.4 Å². The summed E-state index contributed by atoms with van der Waals surface area (Å²) in [5.74, 6) is 1.04. The number of hydrogen-bond acceptors (Lipinski definition) is 3. The van der Waals surface area contributed by atoms with Crippen LogP contribution in [0.15, 0.2) is 35.5 Å². The lowest BCUT2D eigenvalue weighted by Crippen LogP contribution is -2.34. The van der Waals surface area contributed by atoms with Crippen LogP contribution in [0.4, 0.5) is 0 Å². The van der Waals surface area contributed by atoms with E-state index in [0.29, 0.717) is 6.04 Å². The highest BCUT2D eigenvalue weighted by Crippen LogP contribution is 2.03. The molecule has 1 rings (SSSR count). The highest BCUT2D eigenvalue weighted by molar-refractivity contribution is 4.99. The third kappa shape index (κ3) is 5.40. The van der Waals surface area contributed by atoms with Gasteiger partial charge in [-0.15, -0.1) is 6.58 Å². The van der Waals surface area contributed by atoms with Crippen molar-refractivity contribution in [3.05, 3.63) is 36.8 Å². The molecule has 2 N–H and O–H groups in total. The molecule has 0 fully saturated rings. The van der Waals surface area contributed by atoms with Crippen LogP contribution in [0.25, 0.3) is 0 Å². The van der Waals surface area contributed by atoms with Crippen molar-refractivity contribution in [1.29, 1.82) is 0 Å². The molecule has 1 aromatic heterocycles. The lowest BCUT2D eigenvalue weighted by Gasteiger charge is -2.12. The highest BCUT2D eigenvalue weighted by atomic mass is 16.3. The van der Waals surface area contributed by atoms with Crippen LogP contribution >= 0.6 is 0 Å². The summed E-state index contributed by atoms with van der Waals surface area (Å²) < 4.78 is 5.28. The Morgan fingerprint density at radius 2 is 2.40 bits per heavy atom. The van der Waals surface area contributed by atoms with Gasteiger partial charge in [0.05, 0.1) is 6.26 Å². The SMILES string of the molecule is C=CCNCCNC(C)Cc1ccco1. The van der Waals surface area contributed by atoms with Gasteiger partial charge in [-0.05, 0) is 19.1 Å². The lowest BCUT2D eigenvalue weighted by atomic mass is 10.2. The highest BCUT2D eigenvalue weighted by Gasteiger charge is 2.03. The predicted molar refractivity (Wildman–Crippen MR) is 62.9 cm³/mol. The molecule has 1 unspecified atom stereocenters. The zero-order valence-electron chi connectivity index (χ0n) is 9.33. The van der Waals surface area contributed by atoms with Crippen LogP contribution in [-0.4, -0.2) is 25.7 Å². The van der Waals surface area contributed by atoms with E-state index < -0.39 is 0 Å². The molecule has 3 heteroatoms. The van der Waals surface area contributed by atoms with Crippen molar-refractivity contribution in [2.24, 2.45) is 0 Å². The molecule has 1 aromatic rings. The lowest BCUT2D eigenvalue weighted by molar-refractivity contribution is 0.455. The van der Waals surface area contributed by atoms with Crippen LogP contribution in [0.3, 0.4) is 0 Å². The Morgan fingerprint density at radius 1 is 1.53 bits per heavy atom. The molecule has 0 saturated heterocycles. The largest absolute Gasteiger partial charge is 0.469 e. The average Bonchev–Trinajstić information content (AvgIpc) is 2.70. The van der Waals surface area contributed by atoms with Gasteiger partial charge in [0, 0.05) is 32.1 Å². The second kappa shape index (κ2) is 7.26. The summed E-state index contributed by atoms with van der Waals surface area (Å²) in [5, 5.41) is 6.67. The summed E-state index contributed by atoms with van der Waals surface area (Å²) in [5.41, 5.74) is 0. The molecule has 84 valence electrons. The van der Waals surface area contributed by atoms with E-state index in [0.717, 1.165) is 31.8 Å². The van der Waals surface area contributed by atoms with Crippen LogP contribution in [0.1, 0.15) is 12.7 Å². The van der Waals surface area contributed by atoms with E-state index in [9.17, 15) is 0 Å². The maximum Gasteiger partial charge on any atom is 0.105 e. The standard InChI is InChI=1S/C12H20N2O/c1-3-6-13-7-8-14-11(2)10-12-5-4-9-15-12/h3-5,9,11,13-14H,1,6-8,10H2,2H3. The molecular weight excluding hydrogens is 188 g/mol. The Bertz CT molecular complexity index is 257. The molecule has 0 aliphatic heterocycles. The van der Waals surface area contributed by atoms with Gasteiger partial charge >= 0.3 is 0 Å². The fourth-order valence-corrected chi connectivity index (χ4v) is 1.41. The Kier molecular flexibility index (Phi) is 5.81. The quantitative estimate of drug-likeness (QED) is 0.503. The van der Waals surface area contributed by atoms with Crippen molar-refractivity contribution in [1.82, 2.24) is 10.6 Å². The molecule has 0 bridgehead atoms. The zero-order valence-corrected chi connectivity index (χ0v) is 9.33. The maximum absolute atomic E-state index is 5.28. The van der Waals surface area contributed by atoms with E-state index in [1.807, 2.05) is 18.2 Å². The summed E-state index contributed by atoms with van der Waals surface area (Å²) in [6.07, 6.45) is 4.52. The van der Waals surface area contributed by atoms with Crippen molar-refractivity contribution in [3.63, 3.8) is 0 Å². The smallest absolute Gasteiger partial charge is 0.105 e. The zero-order chi connectivity index (χ0) is 10.9. The van der Waals surface area contributed by atoms with E-state index in [1.54, 1.807) is 6.26 Å². The van der Waals surface area contributed by atoms with Gasteiger partial charge < -0.3 is 15.1 Å². The molecule has 3 nitrogen and oxygen atoms in total. The predicted octanol–water partition coefficient (Wildman–Crippen LogP) is 1.58. The second-order valence-corrected chi connectivity index (χ2v) is 3.63. The van der Waals surface area contributed by atoms with Gasteiger partial charge in [-0.25, -0.2) is 0 Å². The van der Waals surface area contributed by atoms with E-state index in [2.05, 4.69) is 24.1 Å². The van der Waals surface area contributed by atoms with Crippen molar-refractivity contribution in [3.8, 4) is 0 Å². The van der Waals surface area contributed by atoms with Gasteiger partial charge in [-0.3, -0.25) is 0 Å². The molecule has 0 aliphatic rings. The minimum atomic E-state index is 0.446. The van der Waals surface area contributed by atoms with E-state index >= 15 is 0 Å². The van der Waals surface area contributed by atoms with Crippen LogP contribution in [0.2, 0.25) is 0 Å². The van der Waals surface area contributed by atoms with Gasteiger partial charge in [-0.1, -0.05) is 6.08 Å². The summed E-state index contributed by atoms with van der Waals surface area (Å²) >= 11 is 0. The maximum atomic E-state index is 5.28. The van der Waals surface area contributed by atoms with Crippen LogP contribution in [0.5, 0.6) is 0 Å². The number of rotatable bonds is 8. The molecule has 0 spiro atoms. The van der Waals surface area contributed by atoms with Crippen molar-refractivity contribution in [2.75, 3.05) is 19.6 Å². The van der Waals surface area contributed by atoms with Crippen molar-refractivity contribution < 1.29 is 4.42 Å². The Labute approximate surface area is 91.6 Å². The van der Waals surface area contributed by atoms with Crippen molar-refractivity contribution >= 4 is 0 Å². The molecule has 0 amide bonds. The van der Waals surface area contributed by atoms with E-state index in [4.69, 9.17) is 4.42 Å². The van der Waals surface area contributed by atoms with E-state index in [1.165, 1.54) is 0 Å². The van der Waals surface area contributed by atoms with Crippen LogP contribution in [0, 0.1) is 0 Å². The third-order valence-corrected chi connectivity index (χ3v) is 2.17. The summed E-state index contributed by atoms with van der Waals surface area (Å²) in [4.78, 5) is 0. The fourth-order valence-electron chi connectivity index (χ4n) is 1.41. The summed E-state index contributed by atoms with van der Waals surface area (Å²) in [6.45, 7) is 8.61. The number of nitrogens with one attached hydrogen (secondary N) is 2. The first-order valence-electron chi connectivity index (χ1n) is 5.40. The molecule has 1 atom stereocenters. The number of hydrogen-bond donors (Lipinski definition) is 2. The first-order chi connectivity index (χ1) is 7.33. The monoisotopic (exact) mass is 208 g/mol. The normalized spacial score (nSPS) is 12.6. The molecule has 0 aliphatic carbocycles. The molecular formula is C12H20N2O. The Hall–Kier alpha value is -1.06. The topological polar surface area (TPSA) is 37.2 Å². The van der Waals surface area contributed by atoms with Crippen LogP contribution < -0.4 is 10.6 Å².